The fourth-order valence-electron chi connectivity index (χ4n) is 3.12. The zero-order valence-corrected chi connectivity index (χ0v) is 18.5. The first-order valence-electron chi connectivity index (χ1n) is 9.40. The predicted molar refractivity (Wildman–Crippen MR) is 114 cm³/mol. The van der Waals surface area contributed by atoms with Crippen LogP contribution in [0.2, 0.25) is 0 Å². The number of halogens is 3. The highest BCUT2D eigenvalue weighted by molar-refractivity contribution is 7.90. The number of hydrogen-bond acceptors (Lipinski definition) is 6. The fourth-order valence-corrected chi connectivity index (χ4v) is 4.62. The maximum absolute atomic E-state index is 13.5. The van der Waals surface area contributed by atoms with Crippen LogP contribution in [0.15, 0.2) is 65.2 Å². The number of aryl methyl sites for hydroxylation is 1. The number of benzene rings is 2. The fraction of sp³-hybridized carbons (Fsp3) is 0.182. The molecule has 1 aromatic heterocycles. The number of ketones is 1. The molecule has 0 saturated heterocycles. The molecule has 1 heterocycles. The van der Waals surface area contributed by atoms with Crippen molar-refractivity contribution in [3.05, 3.63) is 71.6 Å². The van der Waals surface area contributed by atoms with E-state index in [-0.39, 0.29) is 21.4 Å². The third kappa shape index (κ3) is 5.01. The minimum atomic E-state index is -5.00. The first-order chi connectivity index (χ1) is 15.3. The number of Topliss-reactive ketones (excluding diaryl/α,β-unsaturated/α-hetero) is 1. The van der Waals surface area contributed by atoms with Crippen molar-refractivity contribution in [1.82, 2.24) is 8.87 Å². The number of hydrogen-bond donors (Lipinski definition) is 0. The van der Waals surface area contributed by atoms with Gasteiger partial charge in [0, 0.05) is 31.7 Å². The summed E-state index contributed by atoms with van der Waals surface area (Å²) in [5.74, 6) is -1.56. The Labute approximate surface area is 188 Å². The number of fused-ring (bicyclic) bond motifs is 1. The van der Waals surface area contributed by atoms with Crippen molar-refractivity contribution in [3.63, 3.8) is 0 Å². The van der Waals surface area contributed by atoms with Gasteiger partial charge in [0.15, 0.2) is 0 Å². The molecule has 33 heavy (non-hydrogen) atoms. The third-order valence-electron chi connectivity index (χ3n) is 4.51. The highest BCUT2D eigenvalue weighted by Gasteiger charge is 2.32. The van der Waals surface area contributed by atoms with Gasteiger partial charge in [-0.15, -0.1) is 13.2 Å². The van der Waals surface area contributed by atoms with Crippen LogP contribution < -0.4 is 4.74 Å². The zero-order chi connectivity index (χ0) is 24.6. The van der Waals surface area contributed by atoms with Gasteiger partial charge in [-0.1, -0.05) is 17.7 Å². The molecule has 2 aromatic carbocycles. The third-order valence-corrected chi connectivity index (χ3v) is 6.25. The van der Waals surface area contributed by atoms with Gasteiger partial charge >= 0.3 is 6.36 Å². The quantitative estimate of drug-likeness (QED) is 0.300. The van der Waals surface area contributed by atoms with E-state index in [0.717, 1.165) is 17.7 Å². The van der Waals surface area contributed by atoms with Gasteiger partial charge in [0.2, 0.25) is 5.78 Å². The van der Waals surface area contributed by atoms with E-state index in [1.165, 1.54) is 35.4 Å². The summed E-state index contributed by atoms with van der Waals surface area (Å²) in [7, 11) is -1.29. The summed E-state index contributed by atoms with van der Waals surface area (Å²) < 4.78 is 69.8. The number of nitrogens with zero attached hydrogens (tertiary/aromatic N) is 3. The average Bonchev–Trinajstić information content (AvgIpc) is 3.10. The van der Waals surface area contributed by atoms with E-state index in [2.05, 4.69) is 4.74 Å². The molecule has 3 rings (SSSR count). The number of rotatable bonds is 6. The minimum Gasteiger partial charge on any atom is -0.406 e. The Bertz CT molecular complexity index is 1400. The van der Waals surface area contributed by atoms with Crippen LogP contribution >= 0.6 is 0 Å². The van der Waals surface area contributed by atoms with E-state index in [1.54, 1.807) is 39.2 Å². The molecule has 0 fully saturated rings. The van der Waals surface area contributed by atoms with Crippen LogP contribution in [0, 0.1) is 18.3 Å². The molecule has 0 aliphatic carbocycles. The molecule has 0 N–H and O–H groups in total. The molecular weight excluding hydrogens is 459 g/mol. The van der Waals surface area contributed by atoms with E-state index in [9.17, 15) is 31.6 Å². The Kier molecular flexibility index (Phi) is 6.24. The number of alkyl halides is 3. The van der Waals surface area contributed by atoms with Gasteiger partial charge in [-0.3, -0.25) is 4.79 Å². The molecule has 3 aromatic rings. The van der Waals surface area contributed by atoms with Crippen LogP contribution in [0.1, 0.15) is 16.1 Å². The second kappa shape index (κ2) is 8.63. The summed E-state index contributed by atoms with van der Waals surface area (Å²) in [5, 5.41) is 9.60. The zero-order valence-electron chi connectivity index (χ0n) is 17.7. The summed E-state index contributed by atoms with van der Waals surface area (Å²) in [6.07, 6.45) is -3.77. The lowest BCUT2D eigenvalue weighted by molar-refractivity contribution is -0.274. The van der Waals surface area contributed by atoms with Gasteiger partial charge in [0.25, 0.3) is 10.0 Å². The molecule has 0 atom stereocenters. The number of carbonyl (C=O) groups excluding carboxylic acids is 1. The predicted octanol–water partition coefficient (Wildman–Crippen LogP) is 4.24. The van der Waals surface area contributed by atoms with Gasteiger partial charge in [-0.2, -0.15) is 5.26 Å². The van der Waals surface area contributed by atoms with Crippen LogP contribution in [0.4, 0.5) is 13.2 Å². The summed E-state index contributed by atoms with van der Waals surface area (Å²) in [4.78, 5) is 14.4. The van der Waals surface area contributed by atoms with Crippen LogP contribution in [-0.4, -0.2) is 43.5 Å². The molecule has 0 spiro atoms. The molecule has 172 valence electrons. The van der Waals surface area contributed by atoms with Gasteiger partial charge < -0.3 is 9.64 Å². The Morgan fingerprint density at radius 2 is 1.76 bits per heavy atom. The van der Waals surface area contributed by atoms with Crippen LogP contribution in [0.25, 0.3) is 10.9 Å². The van der Waals surface area contributed by atoms with E-state index in [0.29, 0.717) is 3.97 Å². The second-order valence-corrected chi connectivity index (χ2v) is 9.11. The monoisotopic (exact) mass is 477 g/mol. The van der Waals surface area contributed by atoms with Crippen molar-refractivity contribution in [2.75, 3.05) is 14.1 Å². The second-order valence-electron chi connectivity index (χ2n) is 7.33. The molecule has 0 unspecified atom stereocenters. The molecule has 0 amide bonds. The van der Waals surface area contributed by atoms with E-state index < -0.39 is 33.6 Å². The Morgan fingerprint density at radius 1 is 1.12 bits per heavy atom. The SMILES string of the molecule is Cc1ccc(S(=O)(=O)n2c(C(=O)C(C#N)=CN(C)C)cc3ccc(OC(F)(F)F)cc32)cc1. The lowest BCUT2D eigenvalue weighted by Crippen LogP contribution is -2.20. The highest BCUT2D eigenvalue weighted by Crippen LogP contribution is 2.32. The number of carbonyl (C=O) groups is 1. The van der Waals surface area contributed by atoms with Crippen molar-refractivity contribution < 1.29 is 31.1 Å². The van der Waals surface area contributed by atoms with Crippen LogP contribution in [0.3, 0.4) is 0 Å². The minimum absolute atomic E-state index is 0.172. The number of ether oxygens (including phenoxy) is 1. The summed E-state index contributed by atoms with van der Waals surface area (Å²) in [5.41, 5.74) is -0.175. The van der Waals surface area contributed by atoms with Crippen LogP contribution in [-0.2, 0) is 10.0 Å². The summed E-state index contributed by atoms with van der Waals surface area (Å²) in [6.45, 7) is 1.75. The maximum atomic E-state index is 13.5. The van der Waals surface area contributed by atoms with E-state index in [4.69, 9.17) is 0 Å². The number of nitriles is 1. The van der Waals surface area contributed by atoms with Crippen molar-refractivity contribution in [3.8, 4) is 11.8 Å². The van der Waals surface area contributed by atoms with E-state index in [1.807, 2.05) is 0 Å². The number of aromatic nitrogens is 1. The van der Waals surface area contributed by atoms with Gasteiger partial charge in [-0.25, -0.2) is 12.4 Å². The van der Waals surface area contributed by atoms with E-state index >= 15 is 0 Å². The van der Waals surface area contributed by atoms with Gasteiger partial charge in [0.1, 0.15) is 23.1 Å². The highest BCUT2D eigenvalue weighted by atomic mass is 32.2. The molecule has 0 aliphatic rings. The Balaban J connectivity index is 2.34. The Hall–Kier alpha value is -3.78. The molecule has 0 aliphatic heterocycles. The average molecular weight is 477 g/mol. The maximum Gasteiger partial charge on any atom is 0.573 e. The molecular formula is C22H18F3N3O4S. The van der Waals surface area contributed by atoms with Gasteiger partial charge in [-0.05, 0) is 37.3 Å². The first-order valence-corrected chi connectivity index (χ1v) is 10.8. The largest absolute Gasteiger partial charge is 0.573 e. The van der Waals surface area contributed by atoms with Gasteiger partial charge in [0.05, 0.1) is 10.4 Å². The molecule has 0 radical (unpaired) electrons. The van der Waals surface area contributed by atoms with Crippen molar-refractivity contribution in [2.24, 2.45) is 0 Å². The standard InChI is InChI=1S/C22H18F3N3O4S/c1-14-4-8-18(9-5-14)33(30,31)28-19-11-17(32-22(23,24)25)7-6-15(19)10-20(28)21(29)16(12-26)13-27(2)3/h4-11,13H,1-3H3. The summed E-state index contributed by atoms with van der Waals surface area (Å²) >= 11 is 0. The van der Waals surface area contributed by atoms with Crippen LogP contribution in [0.5, 0.6) is 5.75 Å². The lowest BCUT2D eigenvalue weighted by atomic mass is 10.1. The Morgan fingerprint density at radius 3 is 2.30 bits per heavy atom. The topological polar surface area (TPSA) is 92.4 Å². The lowest BCUT2D eigenvalue weighted by Gasteiger charge is -2.13. The number of allylic oxidation sites excluding steroid dienone is 1. The molecule has 11 heteroatoms. The molecule has 0 bridgehead atoms. The molecule has 7 nitrogen and oxygen atoms in total. The van der Waals surface area contributed by atoms with Crippen molar-refractivity contribution in [1.29, 1.82) is 5.26 Å². The normalized spacial score (nSPS) is 12.5. The first kappa shape index (κ1) is 23.9. The summed E-state index contributed by atoms with van der Waals surface area (Å²) in [6, 6.07) is 11.8. The van der Waals surface area contributed by atoms with Crippen molar-refractivity contribution in [2.45, 2.75) is 18.2 Å². The molecule has 0 saturated carbocycles. The van der Waals surface area contributed by atoms with Crippen molar-refractivity contribution >= 4 is 26.7 Å². The smallest absolute Gasteiger partial charge is 0.406 e.